The van der Waals surface area contributed by atoms with Crippen molar-refractivity contribution < 1.29 is 4.79 Å². The number of hydrogen-bond acceptors (Lipinski definition) is 4. The predicted molar refractivity (Wildman–Crippen MR) is 68.2 cm³/mol. The lowest BCUT2D eigenvalue weighted by atomic mass is 9.99. The third-order valence-corrected chi connectivity index (χ3v) is 2.86. The zero-order chi connectivity index (χ0) is 13.0. The van der Waals surface area contributed by atoms with Gasteiger partial charge in [-0.05, 0) is 18.5 Å². The molecule has 1 heterocycles. The minimum atomic E-state index is 0.0511. The number of nitrogens with two attached hydrogens (primary N) is 1. The van der Waals surface area contributed by atoms with Crippen LogP contribution in [-0.2, 0) is 19.9 Å². The minimum absolute atomic E-state index is 0.0511. The number of carbonyl (C=O) groups is 1. The smallest absolute Gasteiger partial charge is 0.170 e. The van der Waals surface area contributed by atoms with Crippen LogP contribution in [0.2, 0.25) is 0 Å². The summed E-state index contributed by atoms with van der Waals surface area (Å²) in [5.41, 5.74) is 7.27. The number of carbonyl (C=O) groups excluding carboxylic acids is 1. The van der Waals surface area contributed by atoms with Crippen molar-refractivity contribution in [2.24, 2.45) is 12.8 Å². The molecule has 0 aliphatic heterocycles. The molecule has 2 rings (SSSR count). The molecule has 0 spiro atoms. The molecule has 2 aromatic rings. The van der Waals surface area contributed by atoms with Crippen molar-refractivity contribution in [3.63, 3.8) is 0 Å². The van der Waals surface area contributed by atoms with Gasteiger partial charge in [0.15, 0.2) is 5.78 Å². The lowest BCUT2D eigenvalue weighted by molar-refractivity contribution is 0.0989. The highest BCUT2D eigenvalue weighted by atomic mass is 16.1. The summed E-state index contributed by atoms with van der Waals surface area (Å²) in [4.78, 5) is 16.3. The van der Waals surface area contributed by atoms with Gasteiger partial charge in [-0.3, -0.25) is 9.48 Å². The van der Waals surface area contributed by atoms with Crippen LogP contribution in [0, 0.1) is 0 Å². The van der Waals surface area contributed by atoms with E-state index in [0.29, 0.717) is 18.8 Å². The van der Waals surface area contributed by atoms with E-state index in [4.69, 9.17) is 5.73 Å². The summed E-state index contributed by atoms with van der Waals surface area (Å²) in [5, 5.41) is 3.96. The maximum atomic E-state index is 12.2. The number of ketones is 1. The molecule has 0 radical (unpaired) electrons. The molecular formula is C13H16N4O. The van der Waals surface area contributed by atoms with Crippen LogP contribution in [0.25, 0.3) is 0 Å². The molecule has 0 bridgehead atoms. The van der Waals surface area contributed by atoms with Crippen molar-refractivity contribution in [3.05, 3.63) is 47.5 Å². The summed E-state index contributed by atoms with van der Waals surface area (Å²) >= 11 is 0. The summed E-state index contributed by atoms with van der Waals surface area (Å²) < 4.78 is 1.61. The van der Waals surface area contributed by atoms with Crippen molar-refractivity contribution >= 4 is 5.78 Å². The second-order valence-electron chi connectivity index (χ2n) is 4.10. The summed E-state index contributed by atoms with van der Waals surface area (Å²) in [5.74, 6) is 0.720. The zero-order valence-corrected chi connectivity index (χ0v) is 10.3. The molecule has 0 unspecified atom stereocenters. The largest absolute Gasteiger partial charge is 0.330 e. The maximum Gasteiger partial charge on any atom is 0.170 e. The van der Waals surface area contributed by atoms with Crippen LogP contribution >= 0.6 is 0 Å². The van der Waals surface area contributed by atoms with Crippen LogP contribution in [0.1, 0.15) is 21.7 Å². The van der Waals surface area contributed by atoms with Gasteiger partial charge >= 0.3 is 0 Å². The number of nitrogens with zero attached hydrogens (tertiary/aromatic N) is 3. The van der Waals surface area contributed by atoms with Crippen LogP contribution in [0.4, 0.5) is 0 Å². The fourth-order valence-electron chi connectivity index (χ4n) is 1.88. The van der Waals surface area contributed by atoms with Crippen LogP contribution in [-0.4, -0.2) is 27.1 Å². The first-order chi connectivity index (χ1) is 8.72. The normalized spacial score (nSPS) is 10.6. The summed E-state index contributed by atoms with van der Waals surface area (Å²) in [6, 6.07) is 7.56. The number of aryl methyl sites for hydroxylation is 1. The van der Waals surface area contributed by atoms with E-state index in [0.717, 1.165) is 11.1 Å². The van der Waals surface area contributed by atoms with E-state index in [-0.39, 0.29) is 12.2 Å². The zero-order valence-electron chi connectivity index (χ0n) is 10.3. The number of Topliss-reactive ketones (excluding diaryl/α,β-unsaturated/α-hetero) is 1. The van der Waals surface area contributed by atoms with Gasteiger partial charge in [0.05, 0.1) is 6.42 Å². The van der Waals surface area contributed by atoms with E-state index in [1.165, 1.54) is 6.33 Å². The fourth-order valence-corrected chi connectivity index (χ4v) is 1.88. The molecule has 5 heteroatoms. The number of rotatable bonds is 5. The van der Waals surface area contributed by atoms with E-state index in [1.807, 2.05) is 24.3 Å². The van der Waals surface area contributed by atoms with Gasteiger partial charge in [-0.1, -0.05) is 24.3 Å². The lowest BCUT2D eigenvalue weighted by Crippen LogP contribution is -2.13. The lowest BCUT2D eigenvalue weighted by Gasteiger charge is -2.07. The highest BCUT2D eigenvalue weighted by molar-refractivity contribution is 5.98. The minimum Gasteiger partial charge on any atom is -0.330 e. The standard InChI is InChI=1S/C13H16N4O/c1-17-13(15-9-16-17)8-12(18)11-5-3-2-4-10(11)6-7-14/h2-5,9H,6-8,14H2,1H3. The Balaban J connectivity index is 2.21. The van der Waals surface area contributed by atoms with Crippen molar-refractivity contribution in [3.8, 4) is 0 Å². The van der Waals surface area contributed by atoms with Crippen molar-refractivity contribution in [1.29, 1.82) is 0 Å². The van der Waals surface area contributed by atoms with Crippen molar-refractivity contribution in [2.75, 3.05) is 6.54 Å². The molecule has 0 fully saturated rings. The van der Waals surface area contributed by atoms with Gasteiger partial charge in [0.2, 0.25) is 0 Å². The molecule has 5 nitrogen and oxygen atoms in total. The van der Waals surface area contributed by atoms with Crippen LogP contribution in [0.5, 0.6) is 0 Å². The van der Waals surface area contributed by atoms with E-state index >= 15 is 0 Å². The van der Waals surface area contributed by atoms with Gasteiger partial charge in [0, 0.05) is 12.6 Å². The Labute approximate surface area is 106 Å². The SMILES string of the molecule is Cn1ncnc1CC(=O)c1ccccc1CCN. The van der Waals surface area contributed by atoms with Crippen LogP contribution in [0.15, 0.2) is 30.6 Å². The first kappa shape index (κ1) is 12.4. The third kappa shape index (κ3) is 2.62. The molecule has 1 aromatic heterocycles. The van der Waals surface area contributed by atoms with Gasteiger partial charge in [-0.2, -0.15) is 5.10 Å². The monoisotopic (exact) mass is 244 g/mol. The van der Waals surface area contributed by atoms with Gasteiger partial charge in [0.25, 0.3) is 0 Å². The summed E-state index contributed by atoms with van der Waals surface area (Å²) in [6.07, 6.45) is 2.42. The Hall–Kier alpha value is -2.01. The molecule has 18 heavy (non-hydrogen) atoms. The van der Waals surface area contributed by atoms with Gasteiger partial charge in [-0.15, -0.1) is 0 Å². The van der Waals surface area contributed by atoms with Gasteiger partial charge in [-0.25, -0.2) is 4.98 Å². The van der Waals surface area contributed by atoms with Crippen LogP contribution < -0.4 is 5.73 Å². The second kappa shape index (κ2) is 5.55. The average Bonchev–Trinajstić information content (AvgIpc) is 2.76. The second-order valence-corrected chi connectivity index (χ2v) is 4.10. The molecule has 2 N–H and O–H groups in total. The molecule has 94 valence electrons. The number of benzene rings is 1. The molecule has 0 atom stereocenters. The van der Waals surface area contributed by atoms with Crippen molar-refractivity contribution in [2.45, 2.75) is 12.8 Å². The van der Waals surface area contributed by atoms with Gasteiger partial charge in [0.1, 0.15) is 12.2 Å². The summed E-state index contributed by atoms with van der Waals surface area (Å²) in [6.45, 7) is 0.536. The average molecular weight is 244 g/mol. The quantitative estimate of drug-likeness (QED) is 0.787. The molecule has 0 aliphatic carbocycles. The van der Waals surface area contributed by atoms with E-state index in [9.17, 15) is 4.79 Å². The molecule has 0 saturated carbocycles. The number of hydrogen-bond donors (Lipinski definition) is 1. The van der Waals surface area contributed by atoms with E-state index in [2.05, 4.69) is 10.1 Å². The fraction of sp³-hybridized carbons (Fsp3) is 0.308. The molecule has 1 aromatic carbocycles. The Morgan fingerprint density at radius 1 is 1.39 bits per heavy atom. The summed E-state index contributed by atoms with van der Waals surface area (Å²) in [7, 11) is 1.78. The predicted octanol–water partition coefficient (Wildman–Crippen LogP) is 0.742. The highest BCUT2D eigenvalue weighted by Gasteiger charge is 2.13. The highest BCUT2D eigenvalue weighted by Crippen LogP contribution is 2.12. The topological polar surface area (TPSA) is 73.8 Å². The molecule has 0 amide bonds. The van der Waals surface area contributed by atoms with Crippen molar-refractivity contribution in [1.82, 2.24) is 14.8 Å². The maximum absolute atomic E-state index is 12.2. The first-order valence-corrected chi connectivity index (χ1v) is 5.86. The Bertz CT molecular complexity index is 547. The Morgan fingerprint density at radius 2 is 2.17 bits per heavy atom. The Morgan fingerprint density at radius 3 is 2.83 bits per heavy atom. The molecular weight excluding hydrogens is 228 g/mol. The van der Waals surface area contributed by atoms with E-state index < -0.39 is 0 Å². The van der Waals surface area contributed by atoms with Gasteiger partial charge < -0.3 is 5.73 Å². The van der Waals surface area contributed by atoms with E-state index in [1.54, 1.807) is 11.7 Å². The number of aromatic nitrogens is 3. The third-order valence-electron chi connectivity index (χ3n) is 2.86. The Kier molecular flexibility index (Phi) is 3.84. The van der Waals surface area contributed by atoms with Crippen LogP contribution in [0.3, 0.4) is 0 Å². The molecule has 0 saturated heterocycles. The first-order valence-electron chi connectivity index (χ1n) is 5.86. The molecule has 0 aliphatic rings.